The van der Waals surface area contributed by atoms with Gasteiger partial charge in [-0.25, -0.2) is 9.97 Å². The fraction of sp³-hybridized carbons (Fsp3) is 0.259. The first-order chi connectivity index (χ1) is 17.7. The van der Waals surface area contributed by atoms with Crippen molar-refractivity contribution in [3.05, 3.63) is 66.0 Å². The predicted molar refractivity (Wildman–Crippen MR) is 137 cm³/mol. The molecular weight excluding hydrogens is 456 g/mol. The third kappa shape index (κ3) is 4.79. The maximum absolute atomic E-state index is 9.98. The van der Waals surface area contributed by atoms with Crippen LogP contribution in [-0.2, 0) is 6.61 Å². The van der Waals surface area contributed by atoms with Gasteiger partial charge in [0, 0.05) is 42.7 Å². The molecule has 4 aromatic rings. The minimum Gasteiger partial charge on any atom is -0.493 e. The van der Waals surface area contributed by atoms with E-state index in [1.807, 2.05) is 36.4 Å². The van der Waals surface area contributed by atoms with E-state index in [2.05, 4.69) is 26.3 Å². The fourth-order valence-corrected chi connectivity index (χ4v) is 4.18. The summed E-state index contributed by atoms with van der Waals surface area (Å²) in [7, 11) is 3.17. The number of anilines is 3. The lowest BCUT2D eigenvalue weighted by Gasteiger charge is -2.17. The lowest BCUT2D eigenvalue weighted by molar-refractivity contribution is 0.284. The molecule has 3 heterocycles. The first kappa shape index (κ1) is 23.2. The second-order valence-electron chi connectivity index (χ2n) is 8.38. The van der Waals surface area contributed by atoms with Gasteiger partial charge in [0.25, 0.3) is 0 Å². The Morgan fingerprint density at radius 2 is 1.83 bits per heavy atom. The van der Waals surface area contributed by atoms with Gasteiger partial charge in [0.1, 0.15) is 29.6 Å². The summed E-state index contributed by atoms with van der Waals surface area (Å²) in [4.78, 5) is 15.7. The van der Waals surface area contributed by atoms with E-state index in [0.29, 0.717) is 46.3 Å². The largest absolute Gasteiger partial charge is 0.493 e. The Morgan fingerprint density at radius 3 is 2.56 bits per heavy atom. The van der Waals surface area contributed by atoms with Crippen molar-refractivity contribution < 1.29 is 14.2 Å². The average Bonchev–Trinajstić information content (AvgIpc) is 3.47. The lowest BCUT2D eigenvalue weighted by Crippen LogP contribution is -2.19. The van der Waals surface area contributed by atoms with Gasteiger partial charge in [-0.1, -0.05) is 0 Å². The van der Waals surface area contributed by atoms with Crippen LogP contribution < -0.4 is 24.4 Å². The molecule has 2 aromatic heterocycles. The quantitative estimate of drug-likeness (QED) is 0.378. The monoisotopic (exact) mass is 482 g/mol. The SMILES string of the molecule is COc1ccc(COc2ccc(Nc3ccc4ncc(N5CCCC5)nc4c3C#N)cc2OC)cn1. The summed E-state index contributed by atoms with van der Waals surface area (Å²) in [6.07, 6.45) is 5.78. The van der Waals surface area contributed by atoms with Crippen molar-refractivity contribution in [2.45, 2.75) is 19.4 Å². The third-order valence-corrected chi connectivity index (χ3v) is 6.09. The highest BCUT2D eigenvalue weighted by Gasteiger charge is 2.17. The number of aromatic nitrogens is 3. The molecule has 1 fully saturated rings. The molecule has 0 spiro atoms. The molecule has 5 rings (SSSR count). The van der Waals surface area contributed by atoms with Gasteiger partial charge in [-0.3, -0.25) is 4.98 Å². The van der Waals surface area contributed by atoms with E-state index in [-0.39, 0.29) is 0 Å². The summed E-state index contributed by atoms with van der Waals surface area (Å²) >= 11 is 0. The molecular formula is C27H26N6O3. The fourth-order valence-electron chi connectivity index (χ4n) is 4.18. The molecule has 1 saturated heterocycles. The standard InChI is InChI=1S/C27H26N6O3/c1-34-24-13-19(6-9-23(24)36-17-18-5-10-26(35-2)30-15-18)31-21-7-8-22-27(20(21)14-28)32-25(16-29-22)33-11-3-4-12-33/h5-10,13,15-16,31H,3-4,11-12,17H2,1-2H3. The Hall–Kier alpha value is -4.58. The summed E-state index contributed by atoms with van der Waals surface area (Å²) in [6.45, 7) is 2.26. The Labute approximate surface area is 209 Å². The number of pyridine rings is 1. The van der Waals surface area contributed by atoms with Crippen LogP contribution in [0.25, 0.3) is 11.0 Å². The van der Waals surface area contributed by atoms with E-state index in [1.165, 1.54) is 0 Å². The van der Waals surface area contributed by atoms with E-state index >= 15 is 0 Å². The number of hydrogen-bond donors (Lipinski definition) is 1. The number of ether oxygens (including phenoxy) is 3. The van der Waals surface area contributed by atoms with Gasteiger partial charge >= 0.3 is 0 Å². The highest BCUT2D eigenvalue weighted by molar-refractivity contribution is 5.89. The van der Waals surface area contributed by atoms with Crippen LogP contribution in [0.15, 0.2) is 54.9 Å². The lowest BCUT2D eigenvalue weighted by atomic mass is 10.1. The van der Waals surface area contributed by atoms with E-state index in [1.54, 1.807) is 32.7 Å². The van der Waals surface area contributed by atoms with Crippen molar-refractivity contribution in [3.63, 3.8) is 0 Å². The summed E-state index contributed by atoms with van der Waals surface area (Å²) < 4.78 is 16.6. The van der Waals surface area contributed by atoms with Crippen molar-refractivity contribution in [2.24, 2.45) is 0 Å². The molecule has 0 unspecified atom stereocenters. The van der Waals surface area contributed by atoms with Crippen LogP contribution in [0.5, 0.6) is 17.4 Å². The third-order valence-electron chi connectivity index (χ3n) is 6.09. The predicted octanol–water partition coefficient (Wildman–Crippen LogP) is 4.84. The van der Waals surface area contributed by atoms with E-state index in [4.69, 9.17) is 19.2 Å². The Balaban J connectivity index is 1.37. The maximum atomic E-state index is 9.98. The van der Waals surface area contributed by atoms with Crippen molar-refractivity contribution in [2.75, 3.05) is 37.5 Å². The Bertz CT molecular complexity index is 1410. The zero-order chi connectivity index (χ0) is 24.9. The zero-order valence-corrected chi connectivity index (χ0v) is 20.2. The van der Waals surface area contributed by atoms with Crippen LogP contribution in [0, 0.1) is 11.3 Å². The maximum Gasteiger partial charge on any atom is 0.212 e. The van der Waals surface area contributed by atoms with Crippen LogP contribution in [0.1, 0.15) is 24.0 Å². The summed E-state index contributed by atoms with van der Waals surface area (Å²) in [5.74, 6) is 2.52. The number of rotatable bonds is 8. The molecule has 1 aliphatic heterocycles. The molecule has 9 nitrogen and oxygen atoms in total. The van der Waals surface area contributed by atoms with Crippen molar-refractivity contribution in [3.8, 4) is 23.4 Å². The molecule has 0 atom stereocenters. The van der Waals surface area contributed by atoms with Crippen molar-refractivity contribution in [1.82, 2.24) is 15.0 Å². The van der Waals surface area contributed by atoms with E-state index in [9.17, 15) is 5.26 Å². The van der Waals surface area contributed by atoms with Gasteiger partial charge in [0.05, 0.1) is 31.6 Å². The van der Waals surface area contributed by atoms with Crippen LogP contribution >= 0.6 is 0 Å². The highest BCUT2D eigenvalue weighted by Crippen LogP contribution is 2.34. The number of benzene rings is 2. The molecule has 182 valence electrons. The number of nitrogens with zero attached hydrogens (tertiary/aromatic N) is 5. The molecule has 0 aliphatic carbocycles. The second-order valence-corrected chi connectivity index (χ2v) is 8.38. The molecule has 36 heavy (non-hydrogen) atoms. The Morgan fingerprint density at radius 1 is 0.972 bits per heavy atom. The van der Waals surface area contributed by atoms with Crippen LogP contribution in [0.4, 0.5) is 17.2 Å². The van der Waals surface area contributed by atoms with Crippen LogP contribution in [0.3, 0.4) is 0 Å². The van der Waals surface area contributed by atoms with Crippen LogP contribution in [-0.4, -0.2) is 42.3 Å². The van der Waals surface area contributed by atoms with Crippen LogP contribution in [0.2, 0.25) is 0 Å². The number of nitrogens with one attached hydrogen (secondary N) is 1. The van der Waals surface area contributed by atoms with E-state index in [0.717, 1.165) is 43.0 Å². The zero-order valence-electron chi connectivity index (χ0n) is 20.2. The van der Waals surface area contributed by atoms with Crippen molar-refractivity contribution in [1.29, 1.82) is 5.26 Å². The first-order valence-electron chi connectivity index (χ1n) is 11.7. The summed E-state index contributed by atoms with van der Waals surface area (Å²) in [6, 6.07) is 15.3. The topological polar surface area (TPSA) is 105 Å². The normalized spacial score (nSPS) is 12.9. The molecule has 1 N–H and O–H groups in total. The minimum absolute atomic E-state index is 0.335. The Kier molecular flexibility index (Phi) is 6.67. The number of fused-ring (bicyclic) bond motifs is 1. The molecule has 0 bridgehead atoms. The number of hydrogen-bond acceptors (Lipinski definition) is 9. The minimum atomic E-state index is 0.335. The number of nitriles is 1. The molecule has 0 radical (unpaired) electrons. The summed E-state index contributed by atoms with van der Waals surface area (Å²) in [5.41, 5.74) is 4.04. The molecule has 0 amide bonds. The van der Waals surface area contributed by atoms with Gasteiger partial charge < -0.3 is 24.4 Å². The summed E-state index contributed by atoms with van der Waals surface area (Å²) in [5, 5.41) is 13.3. The van der Waals surface area contributed by atoms with E-state index < -0.39 is 0 Å². The van der Waals surface area contributed by atoms with Gasteiger partial charge in [-0.15, -0.1) is 0 Å². The highest BCUT2D eigenvalue weighted by atomic mass is 16.5. The molecule has 1 aliphatic rings. The first-order valence-corrected chi connectivity index (χ1v) is 11.7. The van der Waals surface area contributed by atoms with Gasteiger partial charge in [-0.05, 0) is 43.2 Å². The molecule has 2 aromatic carbocycles. The van der Waals surface area contributed by atoms with Gasteiger partial charge in [0.15, 0.2) is 11.5 Å². The molecule has 9 heteroatoms. The second kappa shape index (κ2) is 10.4. The van der Waals surface area contributed by atoms with Gasteiger partial charge in [-0.2, -0.15) is 5.26 Å². The average molecular weight is 483 g/mol. The molecule has 0 saturated carbocycles. The van der Waals surface area contributed by atoms with Gasteiger partial charge in [0.2, 0.25) is 5.88 Å². The van der Waals surface area contributed by atoms with Crippen molar-refractivity contribution >= 4 is 28.2 Å². The number of methoxy groups -OCH3 is 2. The smallest absolute Gasteiger partial charge is 0.212 e.